The Kier molecular flexibility index (Phi) is 12.4. The van der Waals surface area contributed by atoms with Gasteiger partial charge < -0.3 is 30.6 Å². The molecule has 1 aromatic heterocycles. The highest BCUT2D eigenvalue weighted by atomic mass is 16.5. The fraction of sp³-hybridized carbons (Fsp3) is 0.577. The zero-order chi connectivity index (χ0) is 26.5. The van der Waals surface area contributed by atoms with Crippen molar-refractivity contribution in [1.82, 2.24) is 14.8 Å². The van der Waals surface area contributed by atoms with Crippen molar-refractivity contribution in [1.29, 1.82) is 0 Å². The average molecular weight is 505 g/mol. The number of carboxylic acids is 2. The number of carbonyl (C=O) groups excluding carboxylic acids is 1. The van der Waals surface area contributed by atoms with Crippen LogP contribution in [0.4, 0.5) is 0 Å². The van der Waals surface area contributed by atoms with E-state index in [1.54, 1.807) is 0 Å². The van der Waals surface area contributed by atoms with E-state index in [1.165, 1.54) is 10.9 Å². The molecule has 1 amide bonds. The molecule has 200 valence electrons. The van der Waals surface area contributed by atoms with Crippen LogP contribution in [0, 0.1) is 5.92 Å². The van der Waals surface area contributed by atoms with E-state index in [-0.39, 0.29) is 17.9 Å². The summed E-state index contributed by atoms with van der Waals surface area (Å²) in [5.41, 5.74) is 7.51. The van der Waals surface area contributed by atoms with Crippen molar-refractivity contribution in [3.63, 3.8) is 0 Å². The van der Waals surface area contributed by atoms with E-state index >= 15 is 0 Å². The van der Waals surface area contributed by atoms with Crippen LogP contribution in [0.2, 0.25) is 0 Å². The van der Waals surface area contributed by atoms with E-state index in [4.69, 9.17) is 30.3 Å². The number of nitrogens with two attached hydrogens (primary N) is 1. The number of nitrogens with one attached hydrogen (secondary N) is 1. The molecule has 2 saturated heterocycles. The molecule has 2 fully saturated rings. The van der Waals surface area contributed by atoms with Gasteiger partial charge in [0.1, 0.15) is 0 Å². The summed E-state index contributed by atoms with van der Waals surface area (Å²) in [7, 11) is 0. The van der Waals surface area contributed by atoms with Gasteiger partial charge in [-0.3, -0.25) is 19.3 Å². The van der Waals surface area contributed by atoms with Gasteiger partial charge in [-0.25, -0.2) is 0 Å². The fourth-order valence-corrected chi connectivity index (χ4v) is 4.60. The predicted molar refractivity (Wildman–Crippen MR) is 138 cm³/mol. The average Bonchev–Trinajstić information content (AvgIpc) is 3.12. The maximum absolute atomic E-state index is 12.9. The molecule has 1 aromatic carbocycles. The van der Waals surface area contributed by atoms with Gasteiger partial charge >= 0.3 is 0 Å². The van der Waals surface area contributed by atoms with Crippen LogP contribution in [-0.2, 0) is 25.7 Å². The van der Waals surface area contributed by atoms with Crippen molar-refractivity contribution < 1.29 is 29.3 Å². The molecule has 10 heteroatoms. The van der Waals surface area contributed by atoms with E-state index in [1.807, 2.05) is 0 Å². The van der Waals surface area contributed by atoms with Gasteiger partial charge in [0.05, 0.1) is 5.92 Å². The van der Waals surface area contributed by atoms with Crippen LogP contribution < -0.4 is 11.1 Å². The van der Waals surface area contributed by atoms with Crippen molar-refractivity contribution in [2.45, 2.75) is 58.2 Å². The Labute approximate surface area is 212 Å². The van der Waals surface area contributed by atoms with Gasteiger partial charge in [-0.05, 0) is 43.2 Å². The second-order valence-electron chi connectivity index (χ2n) is 9.23. The number of likely N-dealkylation sites (tertiary alicyclic amines) is 1. The van der Waals surface area contributed by atoms with Crippen molar-refractivity contribution >= 4 is 28.7 Å². The smallest absolute Gasteiger partial charge is 0.300 e. The molecule has 2 aliphatic rings. The van der Waals surface area contributed by atoms with Crippen LogP contribution in [0.25, 0.3) is 10.9 Å². The molecular weight excluding hydrogens is 464 g/mol. The number of ether oxygens (including phenoxy) is 1. The number of amides is 1. The van der Waals surface area contributed by atoms with Gasteiger partial charge in [0.15, 0.2) is 0 Å². The zero-order valence-electron chi connectivity index (χ0n) is 21.3. The van der Waals surface area contributed by atoms with Crippen LogP contribution in [0.15, 0.2) is 36.5 Å². The Balaban J connectivity index is 0.000000501. The van der Waals surface area contributed by atoms with E-state index in [2.05, 4.69) is 51.3 Å². The third-order valence-electron chi connectivity index (χ3n) is 6.22. The van der Waals surface area contributed by atoms with Crippen molar-refractivity contribution in [2.75, 3.05) is 32.8 Å². The van der Waals surface area contributed by atoms with Crippen molar-refractivity contribution in [2.24, 2.45) is 11.7 Å². The molecule has 3 heterocycles. The quantitative estimate of drug-likeness (QED) is 0.484. The first-order valence-corrected chi connectivity index (χ1v) is 12.5. The predicted octanol–water partition coefficient (Wildman–Crippen LogP) is 2.16. The Morgan fingerprint density at radius 2 is 1.64 bits per heavy atom. The lowest BCUT2D eigenvalue weighted by Gasteiger charge is -2.35. The van der Waals surface area contributed by atoms with Gasteiger partial charge in [-0.15, -0.1) is 0 Å². The van der Waals surface area contributed by atoms with Crippen LogP contribution in [-0.4, -0.2) is 82.5 Å². The SMILES string of the molecule is CC(=O)O.CC(=O)O.N[C@H]1CC[C@@H](C(=O)NCCn2ccc3ccccc32)CN(C2CCOCC2)C1. The van der Waals surface area contributed by atoms with E-state index in [0.29, 0.717) is 12.6 Å². The first kappa shape index (κ1) is 29.3. The molecule has 0 radical (unpaired) electrons. The summed E-state index contributed by atoms with van der Waals surface area (Å²) >= 11 is 0. The molecule has 10 nitrogen and oxygen atoms in total. The maximum atomic E-state index is 12.9. The summed E-state index contributed by atoms with van der Waals surface area (Å²) in [6, 6.07) is 11.1. The molecule has 36 heavy (non-hydrogen) atoms. The highest BCUT2D eigenvalue weighted by Gasteiger charge is 2.31. The minimum atomic E-state index is -0.833. The standard InChI is InChI=1S/C22H32N4O2.2C2H4O2/c23-19-6-5-18(15-26(16-19)20-8-13-28-14-9-20)22(27)24-10-12-25-11-7-17-3-1-2-4-21(17)25;2*1-2(3)4/h1-4,7,11,18-20H,5-6,8-10,12-16,23H2,(H,24,27);2*1H3,(H,3,4)/t18-,19+;;/m1../s1. The van der Waals surface area contributed by atoms with E-state index in [0.717, 1.165) is 72.4 Å². The number of para-hydroxylation sites is 1. The summed E-state index contributed by atoms with van der Waals surface area (Å²) in [4.78, 5) is 33.3. The van der Waals surface area contributed by atoms with Crippen molar-refractivity contribution in [3.8, 4) is 0 Å². The highest BCUT2D eigenvalue weighted by molar-refractivity contribution is 5.80. The number of fused-ring (bicyclic) bond motifs is 1. The molecule has 2 atom stereocenters. The van der Waals surface area contributed by atoms with Gasteiger partial charge in [0.25, 0.3) is 11.9 Å². The number of benzene rings is 1. The second kappa shape index (κ2) is 15.2. The molecule has 0 spiro atoms. The largest absolute Gasteiger partial charge is 0.481 e. The molecule has 0 saturated carbocycles. The summed E-state index contributed by atoms with van der Waals surface area (Å²) in [5.74, 6) is -1.47. The van der Waals surface area contributed by atoms with Crippen LogP contribution >= 0.6 is 0 Å². The number of hydrogen-bond acceptors (Lipinski definition) is 6. The Hall–Kier alpha value is -2.95. The monoisotopic (exact) mass is 504 g/mol. The normalized spacial score (nSPS) is 20.8. The molecule has 4 rings (SSSR count). The molecule has 2 aromatic rings. The first-order valence-electron chi connectivity index (χ1n) is 12.5. The lowest BCUT2D eigenvalue weighted by molar-refractivity contribution is -0.135. The molecule has 0 unspecified atom stereocenters. The number of carbonyl (C=O) groups is 3. The molecular formula is C26H40N4O6. The van der Waals surface area contributed by atoms with Gasteiger partial charge in [-0.2, -0.15) is 0 Å². The van der Waals surface area contributed by atoms with Crippen LogP contribution in [0.5, 0.6) is 0 Å². The van der Waals surface area contributed by atoms with Gasteiger partial charge in [-0.1, -0.05) is 18.2 Å². The number of nitrogens with zero attached hydrogens (tertiary/aromatic N) is 2. The zero-order valence-corrected chi connectivity index (χ0v) is 21.3. The van der Waals surface area contributed by atoms with Gasteiger partial charge in [0, 0.05) is 77.0 Å². The third kappa shape index (κ3) is 10.3. The first-order chi connectivity index (χ1) is 17.2. The van der Waals surface area contributed by atoms with Crippen molar-refractivity contribution in [3.05, 3.63) is 36.5 Å². The number of carboxylic acid groups (broad SMARTS) is 2. The Morgan fingerprint density at radius 3 is 2.31 bits per heavy atom. The molecule has 2 aliphatic heterocycles. The summed E-state index contributed by atoms with van der Waals surface area (Å²) in [6.07, 6.45) is 5.97. The molecule has 5 N–H and O–H groups in total. The third-order valence-corrected chi connectivity index (χ3v) is 6.22. The van der Waals surface area contributed by atoms with E-state index in [9.17, 15) is 4.79 Å². The lowest BCUT2D eigenvalue weighted by atomic mass is 10.0. The molecule has 0 bridgehead atoms. The Morgan fingerprint density at radius 1 is 1.00 bits per heavy atom. The molecule has 0 aliphatic carbocycles. The number of aliphatic carboxylic acids is 2. The summed E-state index contributed by atoms with van der Waals surface area (Å²) < 4.78 is 7.70. The topological polar surface area (TPSA) is 147 Å². The number of rotatable bonds is 5. The minimum absolute atomic E-state index is 0.0257. The van der Waals surface area contributed by atoms with Crippen LogP contribution in [0.1, 0.15) is 39.5 Å². The highest BCUT2D eigenvalue weighted by Crippen LogP contribution is 2.22. The minimum Gasteiger partial charge on any atom is -0.481 e. The maximum Gasteiger partial charge on any atom is 0.300 e. The van der Waals surface area contributed by atoms with E-state index < -0.39 is 11.9 Å². The lowest BCUT2D eigenvalue weighted by Crippen LogP contribution is -2.47. The van der Waals surface area contributed by atoms with Crippen LogP contribution in [0.3, 0.4) is 0 Å². The second-order valence-corrected chi connectivity index (χ2v) is 9.23. The summed E-state index contributed by atoms with van der Waals surface area (Å²) in [5, 5.41) is 19.2. The van der Waals surface area contributed by atoms with Gasteiger partial charge in [0.2, 0.25) is 5.91 Å². The Bertz CT molecular complexity index is 952. The fourth-order valence-electron chi connectivity index (χ4n) is 4.60. The summed E-state index contributed by atoms with van der Waals surface area (Å²) in [6.45, 7) is 6.95. The number of hydrogen-bond donors (Lipinski definition) is 4. The number of aromatic nitrogens is 1.